The first kappa shape index (κ1) is 102. The Morgan fingerprint density at radius 3 is 1.78 bits per heavy atom. The lowest BCUT2D eigenvalue weighted by Crippen LogP contribution is -2.30. The topological polar surface area (TPSA) is 406 Å². The Labute approximate surface area is 768 Å². The first-order chi connectivity index (χ1) is 59.3. The van der Waals surface area contributed by atoms with Crippen LogP contribution in [0.3, 0.4) is 0 Å². The minimum atomic E-state index is -4.56. The number of nitrogens with zero attached hydrogens (tertiary/aromatic N) is 5. The van der Waals surface area contributed by atoms with Gasteiger partial charge in [0.05, 0.1) is 112 Å². The number of anilines is 5. The summed E-state index contributed by atoms with van der Waals surface area (Å²) in [6.07, 6.45) is -1.75. The van der Waals surface area contributed by atoms with Gasteiger partial charge in [-0.15, -0.1) is 0 Å². The van der Waals surface area contributed by atoms with E-state index >= 15 is 4.39 Å². The molecule has 0 fully saturated rings. The van der Waals surface area contributed by atoms with Crippen molar-refractivity contribution in [2.75, 3.05) is 62.6 Å². The third-order valence-electron chi connectivity index (χ3n) is 17.2. The molecule has 2 atom stereocenters. The number of carbonyl (C=O) groups is 4. The van der Waals surface area contributed by atoms with E-state index in [0.29, 0.717) is 50.0 Å². The number of ketones is 1. The second-order valence-electron chi connectivity index (χ2n) is 26.1. The number of nitrogen functional groups attached to an aromatic ring is 1. The van der Waals surface area contributed by atoms with Crippen LogP contribution < -0.4 is 44.1 Å². The van der Waals surface area contributed by atoms with Gasteiger partial charge in [-0.1, -0.05) is 58.0 Å². The molecule has 0 aliphatic rings. The maximum atomic E-state index is 15.1. The first-order valence-corrected chi connectivity index (χ1v) is 41.9. The van der Waals surface area contributed by atoms with Gasteiger partial charge in [0.15, 0.2) is 23.2 Å². The summed E-state index contributed by atoms with van der Waals surface area (Å²) in [5.74, 6) is -7.75. The number of nitrogens with one attached hydrogen (secondary N) is 5. The number of aliphatic hydroxyl groups excluding tert-OH is 6. The largest absolute Gasteiger partial charge is 0.417 e. The summed E-state index contributed by atoms with van der Waals surface area (Å²) in [6, 6.07) is 36.7. The standard InChI is InChI=1S/C18H16BrF2N3O3.C17H17FINO3.C16H13BrF3IN2O4.C16H12F3N3S.C16H17FIN3O4/c1-24-9-22-17-15(24)8-13(18(26)23-27-5-4-25)12(16(17)21)6-10-2-3-11(19)7-14(10)20;18-16-8-13(19)2-1-11(16)7-12-9-20-6-5-15(12)17(23)4-3-14(22)10-21;17-10-4-9(16(26)23-27-6-8(25)5-24)15(14(20)13(10)19)22-12-2-1-7(21)3-11(12)18;17-16(18,19)14-4-2-1-3-12(14)13(9-20)15(22)23-11-7-5-10(21)6-8-11;1-9-7-11(15(23)20-25-6-5-22)14(21(2)16(9)24)19-13-4-3-10(18)8-12(13)17/h2-3,7-9,25H,4-6H2,1H3,(H,23,26);1-2,5-6,8-9,14,21-22H,3-4,7,10H2;1-4,8,22,24-25H,5-6H2,(H,23,26);1-8H,21-22H2;3-4,7-8,19,22H,5-6H2,1-2H3,(H,20,23)/b;;;15-13+;/t;14-;8-;;/m.01../s1. The lowest BCUT2D eigenvalue weighted by Gasteiger charge is -2.17. The molecule has 0 saturated carbocycles. The Hall–Kier alpha value is -9.72. The number of aliphatic hydroxyl groups is 6. The normalized spacial score (nSPS) is 11.6. The van der Waals surface area contributed by atoms with E-state index < -0.39 is 95.5 Å². The van der Waals surface area contributed by atoms with Crippen molar-refractivity contribution < 1.29 is 108 Å². The molecular formula is C83H75Br2F10I3N12O14S. The minimum absolute atomic E-state index is 0.00357. The number of benzene rings is 8. The molecule has 0 spiro atoms. The highest BCUT2D eigenvalue weighted by Crippen LogP contribution is 2.39. The van der Waals surface area contributed by atoms with Gasteiger partial charge in [-0.3, -0.25) is 48.0 Å². The second-order valence-corrected chi connectivity index (χ2v) is 32.7. The molecule has 11 aromatic rings. The van der Waals surface area contributed by atoms with Crippen molar-refractivity contribution in [3.05, 3.63) is 301 Å². The number of allylic oxidation sites excluding steroid dienone is 1. The van der Waals surface area contributed by atoms with Crippen molar-refractivity contribution >= 4 is 180 Å². The zero-order chi connectivity index (χ0) is 92.1. The molecule has 3 amide bonds. The quantitative estimate of drug-likeness (QED) is 0.00238. The van der Waals surface area contributed by atoms with Gasteiger partial charge >= 0.3 is 6.18 Å². The monoisotopic (exact) mass is 2220 g/mol. The zero-order valence-corrected chi connectivity index (χ0v) is 75.9. The van der Waals surface area contributed by atoms with Gasteiger partial charge in [0, 0.05) is 93.8 Å². The number of alkyl halides is 3. The number of hydroxylamine groups is 3. The molecule has 0 unspecified atom stereocenters. The van der Waals surface area contributed by atoms with E-state index in [1.807, 2.05) is 79.3 Å². The number of pyridine rings is 2. The van der Waals surface area contributed by atoms with Gasteiger partial charge < -0.3 is 57.3 Å². The molecule has 0 bridgehead atoms. The second kappa shape index (κ2) is 49.4. The Bertz CT molecular complexity index is 5810. The molecule has 0 aliphatic heterocycles. The van der Waals surface area contributed by atoms with Crippen LogP contribution in [-0.2, 0) is 47.6 Å². The van der Waals surface area contributed by atoms with Crippen molar-refractivity contribution in [3.63, 3.8) is 0 Å². The number of Topliss-reactive ketones (excluding diaryl/α,β-unsaturated/α-hetero) is 1. The number of hydrogen-bond donors (Lipinski definition) is 13. The van der Waals surface area contributed by atoms with Crippen LogP contribution in [0.4, 0.5) is 72.5 Å². The molecular weight excluding hydrogens is 2150 g/mol. The number of thioether (sulfide) groups is 1. The zero-order valence-electron chi connectivity index (χ0n) is 65.4. The molecule has 0 saturated heterocycles. The predicted octanol–water partition coefficient (Wildman–Crippen LogP) is 14.9. The van der Waals surface area contributed by atoms with Gasteiger partial charge in [0.1, 0.15) is 53.4 Å². The number of imidazole rings is 1. The SMILES string of the molecule is Cc1cc(C(=O)NOCCO)c(Nc2ccc(I)cc2F)n(C)c1=O.Cn1cnc2c(F)c(Cc3ccc(Br)cc3F)c(C(=O)NOCCO)cc21.N#C/C(=C(/N)Sc1ccc(N)cc1)c1ccccc1C(F)(F)F.O=C(CC[C@H](O)CO)c1ccncc1Cc1ccc(I)cc1F.O=C(NOC[C@H](O)CO)c1cc(Br)c(F)c(F)c1Nc1ccc(I)cc1F. The van der Waals surface area contributed by atoms with E-state index in [2.05, 4.69) is 63.4 Å². The van der Waals surface area contributed by atoms with Crippen molar-refractivity contribution in [1.29, 1.82) is 5.26 Å². The van der Waals surface area contributed by atoms with Crippen molar-refractivity contribution in [2.45, 2.75) is 55.9 Å². The maximum absolute atomic E-state index is 15.1. The summed E-state index contributed by atoms with van der Waals surface area (Å²) >= 11 is 12.9. The Kier molecular flexibility index (Phi) is 40.5. The Morgan fingerprint density at radius 1 is 0.632 bits per heavy atom. The number of halogens is 15. The van der Waals surface area contributed by atoms with Crippen molar-refractivity contribution in [2.24, 2.45) is 19.8 Å². The number of nitriles is 1. The van der Waals surface area contributed by atoms with Crippen molar-refractivity contribution in [1.82, 2.24) is 35.5 Å². The number of carbonyl (C=O) groups excluding carboxylic acids is 4. The smallest absolute Gasteiger partial charge is 0.399 e. The van der Waals surface area contributed by atoms with Gasteiger partial charge in [0.25, 0.3) is 23.3 Å². The molecule has 42 heteroatoms. The van der Waals surface area contributed by atoms with Gasteiger partial charge in [-0.05, 0) is 229 Å². The fourth-order valence-electron chi connectivity index (χ4n) is 10.9. The van der Waals surface area contributed by atoms with Gasteiger partial charge in [0.2, 0.25) is 0 Å². The number of rotatable bonds is 29. The molecule has 3 heterocycles. The average Bonchev–Trinajstić information content (AvgIpc) is 1.68. The molecule has 11 rings (SSSR count). The molecule has 0 aliphatic carbocycles. The van der Waals surface area contributed by atoms with Crippen LogP contribution in [0.25, 0.3) is 16.6 Å². The number of aryl methyl sites for hydroxylation is 2. The number of nitrogens with two attached hydrogens (primary N) is 2. The van der Waals surface area contributed by atoms with Crippen LogP contribution in [0.2, 0.25) is 0 Å². The predicted molar refractivity (Wildman–Crippen MR) is 478 cm³/mol. The molecule has 3 aromatic heterocycles. The van der Waals surface area contributed by atoms with Crippen LogP contribution in [0.5, 0.6) is 0 Å². The highest BCUT2D eigenvalue weighted by Gasteiger charge is 2.35. The van der Waals surface area contributed by atoms with E-state index in [1.54, 1.807) is 79.3 Å². The van der Waals surface area contributed by atoms with E-state index in [-0.39, 0.29) is 147 Å². The van der Waals surface area contributed by atoms with E-state index in [1.165, 1.54) is 103 Å². The minimum Gasteiger partial charge on any atom is -0.399 e. The molecule has 0 radical (unpaired) electrons. The Morgan fingerprint density at radius 2 is 1.19 bits per heavy atom. The third-order valence-corrected chi connectivity index (χ3v) is 21.2. The summed E-state index contributed by atoms with van der Waals surface area (Å²) in [6.45, 7) is -0.553. The molecule has 125 heavy (non-hydrogen) atoms. The third kappa shape index (κ3) is 29.7. The number of fused-ring (bicyclic) bond motifs is 1. The van der Waals surface area contributed by atoms with Gasteiger partial charge in [-0.25, -0.2) is 52.2 Å². The molecule has 26 nitrogen and oxygen atoms in total. The number of hydrogen-bond acceptors (Lipinski definition) is 22. The maximum Gasteiger partial charge on any atom is 0.417 e. The highest BCUT2D eigenvalue weighted by molar-refractivity contribution is 14.1. The van der Waals surface area contributed by atoms with Crippen LogP contribution >= 0.6 is 111 Å². The van der Waals surface area contributed by atoms with Crippen LogP contribution in [-0.4, -0.2) is 132 Å². The lowest BCUT2D eigenvalue weighted by molar-refractivity contribution is -0.137. The molecule has 8 aromatic carbocycles. The summed E-state index contributed by atoms with van der Waals surface area (Å²) in [5.41, 5.74) is 18.4. The van der Waals surface area contributed by atoms with E-state index in [9.17, 15) is 79.0 Å². The average molecular weight is 2230 g/mol. The van der Waals surface area contributed by atoms with Crippen LogP contribution in [0.15, 0.2) is 188 Å². The van der Waals surface area contributed by atoms with E-state index in [0.717, 1.165) is 27.5 Å². The highest BCUT2D eigenvalue weighted by atomic mass is 127. The Balaban J connectivity index is 0.000000215. The fourth-order valence-corrected chi connectivity index (χ4v) is 13.8. The fraction of sp³-hybridized carbons (Fsp3) is 0.205. The molecule has 15 N–H and O–H groups in total. The summed E-state index contributed by atoms with van der Waals surface area (Å²) in [5, 5.41) is 67.9. The van der Waals surface area contributed by atoms with Crippen LogP contribution in [0, 0.1) is 69.7 Å². The number of aromatic nitrogens is 4. The number of amides is 3. The lowest BCUT2D eigenvalue weighted by atomic mass is 9.96. The van der Waals surface area contributed by atoms with Crippen LogP contribution in [0.1, 0.15) is 93.2 Å². The van der Waals surface area contributed by atoms with E-state index in [4.69, 9.17) is 46.4 Å². The summed E-state index contributed by atoms with van der Waals surface area (Å²) in [7, 11) is 3.15. The summed E-state index contributed by atoms with van der Waals surface area (Å²) in [4.78, 5) is 84.6. The molecule has 662 valence electrons. The van der Waals surface area contributed by atoms with Crippen molar-refractivity contribution in [3.8, 4) is 6.07 Å². The first-order valence-electron chi connectivity index (χ1n) is 36.3. The summed E-state index contributed by atoms with van der Waals surface area (Å²) < 4.78 is 144. The van der Waals surface area contributed by atoms with Gasteiger partial charge in [-0.2, -0.15) is 18.4 Å².